The molecule has 1 saturated heterocycles. The molecule has 0 aromatic carbocycles. The van der Waals surface area contributed by atoms with E-state index in [-0.39, 0.29) is 47.4 Å². The van der Waals surface area contributed by atoms with E-state index in [1.54, 1.807) is 0 Å². The molecule has 0 aromatic rings. The number of nitrogens with zero attached hydrogens (tertiary/aromatic N) is 1. The maximum atomic E-state index is 14.4. The second kappa shape index (κ2) is 16.3. The summed E-state index contributed by atoms with van der Waals surface area (Å²) < 4.78 is 39.1. The molecule has 0 radical (unpaired) electrons. The molecule has 0 aromatic heterocycles. The first kappa shape index (κ1) is 41.1. The molecule has 54 heavy (non-hydrogen) atoms. The number of rotatable bonds is 10. The summed E-state index contributed by atoms with van der Waals surface area (Å²) in [6, 6.07) is -0.837. The van der Waals surface area contributed by atoms with Crippen LogP contribution < -0.4 is 11.2 Å². The first-order chi connectivity index (χ1) is 25.4. The van der Waals surface area contributed by atoms with E-state index < -0.39 is 78.1 Å². The van der Waals surface area contributed by atoms with Crippen LogP contribution in [0.3, 0.4) is 0 Å². The van der Waals surface area contributed by atoms with Crippen molar-refractivity contribution in [2.45, 2.75) is 130 Å². The number of primary amides is 1. The van der Waals surface area contributed by atoms with Gasteiger partial charge >= 0.3 is 35.9 Å². The van der Waals surface area contributed by atoms with Crippen LogP contribution in [0, 0.1) is 40.4 Å². The standard InChI is InChI=1S/C37H53N3O14/c1-17(41)49-16-26(39-40-35(38)47)25-11-10-24-23-9-8-21-14-22(12-13-36(21,5)28(23)27(45)15-37(24,25)6)53-34-32(52-20(4)44)30(51-19(3)43)29(50-18(2)42)31(54-34)33(46)48-7/h21-25,28-32,34H,8-16H2,1-7H3,(H3,38,40,47)/b39-26-/t21-,22-,23-,24+,25-,28-,29+,30+,31-,32-,34-,36-,37-/m1/s1. The van der Waals surface area contributed by atoms with Crippen molar-refractivity contribution in [3.63, 3.8) is 0 Å². The Kier molecular flexibility index (Phi) is 12.4. The van der Waals surface area contributed by atoms with Gasteiger partial charge in [0, 0.05) is 46.0 Å². The molecule has 0 unspecified atom stereocenters. The van der Waals surface area contributed by atoms with E-state index in [2.05, 4.69) is 24.4 Å². The van der Waals surface area contributed by atoms with E-state index in [9.17, 15) is 33.6 Å². The predicted octanol–water partition coefficient (Wildman–Crippen LogP) is 2.49. The lowest BCUT2D eigenvalue weighted by molar-refractivity contribution is -0.314. The fourth-order valence-corrected chi connectivity index (χ4v) is 10.6. The van der Waals surface area contributed by atoms with E-state index in [1.165, 1.54) is 6.92 Å². The number of carbonyl (C=O) groups excluding carboxylic acids is 7. The van der Waals surface area contributed by atoms with E-state index in [4.69, 9.17) is 38.9 Å². The fraction of sp³-hybridized carbons (Fsp3) is 0.784. The van der Waals surface area contributed by atoms with Crippen LogP contribution >= 0.6 is 0 Å². The van der Waals surface area contributed by atoms with Gasteiger partial charge in [-0.25, -0.2) is 15.0 Å². The molecule has 17 heteroatoms. The van der Waals surface area contributed by atoms with Crippen LogP contribution in [0.4, 0.5) is 4.79 Å². The SMILES string of the molecule is COC(=O)[C@@H]1O[C@@H](O[C@@H]2CC[C@]3(C)[C@H](CC[C@@H]4[C@@H]5CC[C@H](/C(COC(C)=O)=N\NC(N)=O)[C@]5(C)CC(=O)[C@@H]43)C2)[C@H](OC(C)=O)[C@@H](OC(C)=O)[C@@H]1OC(C)=O. The largest absolute Gasteiger partial charge is 0.467 e. The Hall–Kier alpha value is -4.12. The lowest BCUT2D eigenvalue weighted by Gasteiger charge is -2.60. The van der Waals surface area contributed by atoms with Gasteiger partial charge in [0.1, 0.15) is 12.4 Å². The molecule has 5 aliphatic rings. The van der Waals surface area contributed by atoms with Crippen LogP contribution in [0.5, 0.6) is 0 Å². The van der Waals surface area contributed by atoms with Gasteiger partial charge in [0.15, 0.2) is 30.7 Å². The van der Waals surface area contributed by atoms with E-state index in [0.717, 1.165) is 53.6 Å². The van der Waals surface area contributed by atoms with E-state index >= 15 is 0 Å². The minimum absolute atomic E-state index is 0.0918. The van der Waals surface area contributed by atoms with Crippen molar-refractivity contribution in [3.8, 4) is 0 Å². The Balaban J connectivity index is 1.35. The number of urea groups is 1. The summed E-state index contributed by atoms with van der Waals surface area (Å²) in [5, 5.41) is 4.23. The quantitative estimate of drug-likeness (QED) is 0.107. The first-order valence-corrected chi connectivity index (χ1v) is 18.6. The third kappa shape index (κ3) is 8.26. The molecule has 2 amide bonds. The molecule has 5 rings (SSSR count). The van der Waals surface area contributed by atoms with Gasteiger partial charge in [-0.2, -0.15) is 5.10 Å². The average Bonchev–Trinajstić information content (AvgIpc) is 3.42. The molecule has 13 atom stereocenters. The molecule has 4 aliphatic carbocycles. The number of Topliss-reactive ketones (excluding diaryl/α,β-unsaturated/α-hetero) is 1. The Morgan fingerprint density at radius 2 is 1.50 bits per heavy atom. The summed E-state index contributed by atoms with van der Waals surface area (Å²) in [6.45, 7) is 8.88. The van der Waals surface area contributed by atoms with Crippen LogP contribution in [0.15, 0.2) is 5.10 Å². The van der Waals surface area contributed by atoms with Crippen LogP contribution in [-0.4, -0.2) is 97.9 Å². The lowest BCUT2D eigenvalue weighted by Crippen LogP contribution is -2.64. The van der Waals surface area contributed by atoms with Crippen molar-refractivity contribution >= 4 is 47.4 Å². The molecule has 3 N–H and O–H groups in total. The average molecular weight is 764 g/mol. The number of fused-ring (bicyclic) bond motifs is 5. The highest BCUT2D eigenvalue weighted by atomic mass is 16.7. The Morgan fingerprint density at radius 3 is 2.11 bits per heavy atom. The van der Waals surface area contributed by atoms with Crippen LogP contribution in [0.25, 0.3) is 0 Å². The van der Waals surface area contributed by atoms with Gasteiger partial charge in [-0.05, 0) is 73.5 Å². The van der Waals surface area contributed by atoms with Gasteiger partial charge in [-0.15, -0.1) is 0 Å². The summed E-state index contributed by atoms with van der Waals surface area (Å²) >= 11 is 0. The minimum atomic E-state index is -1.56. The van der Waals surface area contributed by atoms with Crippen molar-refractivity contribution in [1.82, 2.24) is 5.43 Å². The molecule has 1 heterocycles. The molecule has 5 fully saturated rings. The van der Waals surface area contributed by atoms with Crippen molar-refractivity contribution in [1.29, 1.82) is 0 Å². The summed E-state index contributed by atoms with van der Waals surface area (Å²) in [5.41, 5.74) is 7.28. The maximum Gasteiger partial charge on any atom is 0.339 e. The number of hydrogen-bond donors (Lipinski definition) is 2. The zero-order valence-electron chi connectivity index (χ0n) is 32.0. The normalized spacial score (nSPS) is 38.8. The highest BCUT2D eigenvalue weighted by Gasteiger charge is 2.64. The molecule has 17 nitrogen and oxygen atoms in total. The second-order valence-corrected chi connectivity index (χ2v) is 15.9. The fourth-order valence-electron chi connectivity index (χ4n) is 10.6. The van der Waals surface area contributed by atoms with Crippen molar-refractivity contribution in [2.24, 2.45) is 51.3 Å². The topological polar surface area (TPSA) is 235 Å². The molecule has 4 saturated carbocycles. The van der Waals surface area contributed by atoms with Crippen LogP contribution in [0.1, 0.15) is 92.9 Å². The van der Waals surface area contributed by atoms with Crippen molar-refractivity contribution < 1.29 is 66.7 Å². The van der Waals surface area contributed by atoms with Gasteiger partial charge in [0.2, 0.25) is 0 Å². The molecule has 300 valence electrons. The van der Waals surface area contributed by atoms with E-state index in [0.29, 0.717) is 31.4 Å². The van der Waals surface area contributed by atoms with Gasteiger partial charge < -0.3 is 38.9 Å². The number of ketones is 1. The number of ether oxygens (including phenoxy) is 7. The van der Waals surface area contributed by atoms with Crippen molar-refractivity contribution in [3.05, 3.63) is 0 Å². The summed E-state index contributed by atoms with van der Waals surface area (Å²) in [5.74, 6) is -3.49. The van der Waals surface area contributed by atoms with Gasteiger partial charge in [0.05, 0.1) is 18.9 Å². The number of amides is 2. The third-order valence-corrected chi connectivity index (χ3v) is 12.6. The van der Waals surface area contributed by atoms with Crippen molar-refractivity contribution in [2.75, 3.05) is 13.7 Å². The van der Waals surface area contributed by atoms with Crippen LogP contribution in [-0.2, 0) is 61.9 Å². The van der Waals surface area contributed by atoms with E-state index in [1.807, 2.05) is 0 Å². The minimum Gasteiger partial charge on any atom is -0.467 e. The predicted molar refractivity (Wildman–Crippen MR) is 185 cm³/mol. The number of carbonyl (C=O) groups is 7. The number of hydrazone groups is 1. The van der Waals surface area contributed by atoms with Gasteiger partial charge in [-0.3, -0.25) is 24.0 Å². The third-order valence-electron chi connectivity index (χ3n) is 12.6. The second-order valence-electron chi connectivity index (χ2n) is 15.9. The monoisotopic (exact) mass is 763 g/mol. The molecular weight excluding hydrogens is 710 g/mol. The Labute approximate surface area is 314 Å². The molecule has 1 aliphatic heterocycles. The molecule has 0 spiro atoms. The number of esters is 5. The van der Waals surface area contributed by atoms with Crippen LogP contribution in [0.2, 0.25) is 0 Å². The smallest absolute Gasteiger partial charge is 0.339 e. The number of nitrogens with one attached hydrogen (secondary N) is 1. The Morgan fingerprint density at radius 1 is 0.852 bits per heavy atom. The summed E-state index contributed by atoms with van der Waals surface area (Å²) in [6.07, 6.45) is -2.46. The highest BCUT2D eigenvalue weighted by molar-refractivity contribution is 5.93. The maximum absolute atomic E-state index is 14.4. The number of hydrogen-bond acceptors (Lipinski definition) is 15. The zero-order chi connectivity index (χ0) is 39.7. The summed E-state index contributed by atoms with van der Waals surface area (Å²) in [7, 11) is 1.13. The highest BCUT2D eigenvalue weighted by Crippen LogP contribution is 2.66. The lowest BCUT2D eigenvalue weighted by atomic mass is 9.44. The number of methoxy groups -OCH3 is 1. The summed E-state index contributed by atoms with van der Waals surface area (Å²) in [4.78, 5) is 87.1. The van der Waals surface area contributed by atoms with Gasteiger partial charge in [0.25, 0.3) is 0 Å². The zero-order valence-corrected chi connectivity index (χ0v) is 32.0. The van der Waals surface area contributed by atoms with Gasteiger partial charge in [-0.1, -0.05) is 13.8 Å². The molecular formula is C37H53N3O14. The molecule has 0 bridgehead atoms. The number of nitrogens with two attached hydrogens (primary N) is 1. The first-order valence-electron chi connectivity index (χ1n) is 18.6. The Bertz CT molecular complexity index is 1550.